The van der Waals surface area contributed by atoms with Crippen molar-refractivity contribution in [2.45, 2.75) is 38.0 Å². The number of morpholine rings is 1. The van der Waals surface area contributed by atoms with E-state index in [-0.39, 0.29) is 42.0 Å². The molecule has 0 amide bonds. The molecule has 2 atom stereocenters. The van der Waals surface area contributed by atoms with Crippen LogP contribution in [0.5, 0.6) is 0 Å². The van der Waals surface area contributed by atoms with Crippen molar-refractivity contribution < 1.29 is 13.9 Å². The first kappa shape index (κ1) is 24.3. The predicted octanol–water partition coefficient (Wildman–Crippen LogP) is 2.89. The Morgan fingerprint density at radius 2 is 2.00 bits per heavy atom. The second kappa shape index (κ2) is 12.0. The number of ether oxygens (including phenoxy) is 2. The average Bonchev–Trinajstić information content (AvgIpc) is 3.53. The van der Waals surface area contributed by atoms with E-state index in [0.29, 0.717) is 12.6 Å². The quantitative estimate of drug-likeness (QED) is 0.325. The molecule has 3 rings (SSSR count). The van der Waals surface area contributed by atoms with Crippen LogP contribution in [0.1, 0.15) is 31.4 Å². The van der Waals surface area contributed by atoms with Crippen LogP contribution in [0, 0.1) is 5.82 Å². The lowest BCUT2D eigenvalue weighted by Crippen LogP contribution is -2.51. The van der Waals surface area contributed by atoms with Crippen molar-refractivity contribution in [1.82, 2.24) is 15.1 Å². The standard InChI is InChI=1S/C21H33FN4O2.HI/c1-16-14-26(15-20(28-16)17-4-6-18(22)7-5-17)21(23-2)24-10-11-25(12-13-27-3)19-8-9-19;/h4-7,16,19-20H,8-15H2,1-3H3,(H,23,24);1H. The van der Waals surface area contributed by atoms with Crippen molar-refractivity contribution in [3.8, 4) is 0 Å². The zero-order chi connectivity index (χ0) is 19.9. The maximum Gasteiger partial charge on any atom is 0.193 e. The van der Waals surface area contributed by atoms with Gasteiger partial charge in [-0.3, -0.25) is 9.89 Å². The first-order valence-corrected chi connectivity index (χ1v) is 10.2. The van der Waals surface area contributed by atoms with E-state index in [1.807, 2.05) is 7.05 Å². The number of guanidine groups is 1. The molecule has 1 heterocycles. The Morgan fingerprint density at radius 3 is 2.62 bits per heavy atom. The molecule has 0 spiro atoms. The highest BCUT2D eigenvalue weighted by Gasteiger charge is 2.30. The van der Waals surface area contributed by atoms with Crippen molar-refractivity contribution in [2.24, 2.45) is 4.99 Å². The van der Waals surface area contributed by atoms with Gasteiger partial charge in [0.1, 0.15) is 11.9 Å². The Hall–Kier alpha value is -0.970. The number of nitrogens with one attached hydrogen (secondary N) is 1. The normalized spacial score (nSPS) is 22.5. The second-order valence-electron chi connectivity index (χ2n) is 7.63. The Kier molecular flexibility index (Phi) is 10.1. The number of hydrogen-bond donors (Lipinski definition) is 1. The van der Waals surface area contributed by atoms with Crippen LogP contribution in [0.2, 0.25) is 0 Å². The molecule has 29 heavy (non-hydrogen) atoms. The van der Waals surface area contributed by atoms with Crippen molar-refractivity contribution >= 4 is 29.9 Å². The summed E-state index contributed by atoms with van der Waals surface area (Å²) in [4.78, 5) is 9.21. The van der Waals surface area contributed by atoms with Gasteiger partial charge < -0.3 is 19.7 Å². The molecule has 0 bridgehead atoms. The highest BCUT2D eigenvalue weighted by molar-refractivity contribution is 14.0. The van der Waals surface area contributed by atoms with E-state index in [2.05, 4.69) is 27.0 Å². The van der Waals surface area contributed by atoms with E-state index in [1.54, 1.807) is 19.2 Å². The summed E-state index contributed by atoms with van der Waals surface area (Å²) in [7, 11) is 3.57. The number of rotatable bonds is 8. The van der Waals surface area contributed by atoms with Gasteiger partial charge in [0.15, 0.2) is 5.96 Å². The van der Waals surface area contributed by atoms with E-state index in [1.165, 1.54) is 25.0 Å². The summed E-state index contributed by atoms with van der Waals surface area (Å²) in [6, 6.07) is 7.29. The van der Waals surface area contributed by atoms with Gasteiger partial charge in [-0.05, 0) is 37.5 Å². The molecular formula is C21H34FIN4O2. The van der Waals surface area contributed by atoms with Crippen LogP contribution in [0.4, 0.5) is 4.39 Å². The van der Waals surface area contributed by atoms with E-state index in [9.17, 15) is 4.39 Å². The maximum absolute atomic E-state index is 13.2. The summed E-state index contributed by atoms with van der Waals surface area (Å²) in [5, 5.41) is 3.51. The first-order valence-electron chi connectivity index (χ1n) is 10.2. The highest BCUT2D eigenvalue weighted by atomic mass is 127. The maximum atomic E-state index is 13.2. The fourth-order valence-corrected chi connectivity index (χ4v) is 3.75. The summed E-state index contributed by atoms with van der Waals surface area (Å²) in [6.07, 6.45) is 2.57. The van der Waals surface area contributed by atoms with Crippen LogP contribution in [-0.4, -0.2) is 81.4 Å². The van der Waals surface area contributed by atoms with Gasteiger partial charge in [0.05, 0.1) is 19.3 Å². The molecule has 1 aromatic carbocycles. The first-order chi connectivity index (χ1) is 13.6. The summed E-state index contributed by atoms with van der Waals surface area (Å²) in [5.74, 6) is 0.667. The molecule has 1 saturated carbocycles. The lowest BCUT2D eigenvalue weighted by Gasteiger charge is -2.39. The Morgan fingerprint density at radius 1 is 1.28 bits per heavy atom. The molecule has 1 aromatic rings. The smallest absolute Gasteiger partial charge is 0.193 e. The Labute approximate surface area is 190 Å². The minimum atomic E-state index is -0.226. The van der Waals surface area contributed by atoms with Crippen LogP contribution in [0.3, 0.4) is 0 Å². The zero-order valence-electron chi connectivity index (χ0n) is 17.6. The van der Waals surface area contributed by atoms with Crippen LogP contribution in [0.25, 0.3) is 0 Å². The fourth-order valence-electron chi connectivity index (χ4n) is 3.75. The summed E-state index contributed by atoms with van der Waals surface area (Å²) < 4.78 is 24.6. The van der Waals surface area contributed by atoms with Gasteiger partial charge in [-0.25, -0.2) is 4.39 Å². The minimum absolute atomic E-state index is 0. The number of halogens is 2. The van der Waals surface area contributed by atoms with Gasteiger partial charge in [-0.15, -0.1) is 24.0 Å². The van der Waals surface area contributed by atoms with Crippen molar-refractivity contribution in [2.75, 3.05) is 53.5 Å². The third-order valence-corrected chi connectivity index (χ3v) is 5.34. The molecule has 2 aliphatic rings. The van der Waals surface area contributed by atoms with Crippen LogP contribution < -0.4 is 5.32 Å². The molecule has 1 saturated heterocycles. The Balaban J connectivity index is 0.00000300. The molecule has 1 aliphatic heterocycles. The molecule has 0 aromatic heterocycles. The van der Waals surface area contributed by atoms with E-state index < -0.39 is 0 Å². The van der Waals surface area contributed by atoms with E-state index in [4.69, 9.17) is 9.47 Å². The van der Waals surface area contributed by atoms with Gasteiger partial charge in [-0.2, -0.15) is 0 Å². The molecule has 1 N–H and O–H groups in total. The molecule has 1 aliphatic carbocycles. The molecule has 0 radical (unpaired) electrons. The summed E-state index contributed by atoms with van der Waals surface area (Å²) in [6.45, 7) is 7.12. The van der Waals surface area contributed by atoms with E-state index in [0.717, 1.165) is 44.3 Å². The largest absolute Gasteiger partial charge is 0.383 e. The summed E-state index contributed by atoms with van der Waals surface area (Å²) >= 11 is 0. The predicted molar refractivity (Wildman–Crippen MR) is 125 cm³/mol. The third-order valence-electron chi connectivity index (χ3n) is 5.34. The van der Waals surface area contributed by atoms with Crippen molar-refractivity contribution in [3.63, 3.8) is 0 Å². The number of nitrogens with zero attached hydrogens (tertiary/aromatic N) is 3. The number of hydrogen-bond acceptors (Lipinski definition) is 4. The fraction of sp³-hybridized carbons (Fsp3) is 0.667. The van der Waals surface area contributed by atoms with Crippen LogP contribution in [-0.2, 0) is 9.47 Å². The van der Waals surface area contributed by atoms with Gasteiger partial charge in [0.25, 0.3) is 0 Å². The van der Waals surface area contributed by atoms with Crippen molar-refractivity contribution in [1.29, 1.82) is 0 Å². The topological polar surface area (TPSA) is 49.3 Å². The number of benzene rings is 1. The number of methoxy groups -OCH3 is 1. The molecule has 6 nitrogen and oxygen atoms in total. The Bertz CT molecular complexity index is 642. The minimum Gasteiger partial charge on any atom is -0.383 e. The molecule has 164 valence electrons. The zero-order valence-corrected chi connectivity index (χ0v) is 20.0. The molecular weight excluding hydrogens is 486 g/mol. The number of aliphatic imine (C=N–C) groups is 1. The van der Waals surface area contributed by atoms with Gasteiger partial charge in [-0.1, -0.05) is 12.1 Å². The molecule has 2 fully saturated rings. The van der Waals surface area contributed by atoms with Crippen molar-refractivity contribution in [3.05, 3.63) is 35.6 Å². The van der Waals surface area contributed by atoms with Crippen LogP contribution >= 0.6 is 24.0 Å². The highest BCUT2D eigenvalue weighted by Crippen LogP contribution is 2.27. The third kappa shape index (κ3) is 7.34. The average molecular weight is 520 g/mol. The monoisotopic (exact) mass is 520 g/mol. The molecule has 8 heteroatoms. The second-order valence-corrected chi connectivity index (χ2v) is 7.63. The van der Waals surface area contributed by atoms with Gasteiger partial charge in [0, 0.05) is 46.4 Å². The lowest BCUT2D eigenvalue weighted by molar-refractivity contribution is -0.0605. The lowest BCUT2D eigenvalue weighted by atomic mass is 10.1. The van der Waals surface area contributed by atoms with E-state index >= 15 is 0 Å². The summed E-state index contributed by atoms with van der Waals surface area (Å²) in [5.41, 5.74) is 0.993. The molecule has 2 unspecified atom stereocenters. The van der Waals surface area contributed by atoms with Gasteiger partial charge in [0.2, 0.25) is 0 Å². The SMILES string of the molecule is CN=C(NCCN(CCOC)C1CC1)N1CC(C)OC(c2ccc(F)cc2)C1.I. The van der Waals surface area contributed by atoms with Gasteiger partial charge >= 0.3 is 0 Å². The van der Waals surface area contributed by atoms with Crippen LogP contribution in [0.15, 0.2) is 29.3 Å².